The van der Waals surface area contributed by atoms with Crippen molar-refractivity contribution in [2.24, 2.45) is 0 Å². The molecule has 0 amide bonds. The first-order chi connectivity index (χ1) is 32.0. The molecule has 8 rings (SSSR count). The fraction of sp³-hybridized carbons (Fsp3) is 0.404. The summed E-state index contributed by atoms with van der Waals surface area (Å²) in [5.41, 5.74) is -1.67. The van der Waals surface area contributed by atoms with Crippen molar-refractivity contribution in [2.45, 2.75) is 77.4 Å². The van der Waals surface area contributed by atoms with Gasteiger partial charge in [-0.2, -0.15) is 13.2 Å². The third-order valence-electron chi connectivity index (χ3n) is 12.5. The van der Waals surface area contributed by atoms with Crippen molar-refractivity contribution in [3.8, 4) is 11.1 Å². The second kappa shape index (κ2) is 20.9. The number of nitrogens with one attached hydrogen (secondary N) is 2. The van der Waals surface area contributed by atoms with E-state index < -0.39 is 47.2 Å². The highest BCUT2D eigenvalue weighted by Crippen LogP contribution is 2.38. The highest BCUT2D eigenvalue weighted by atomic mass is 35.5. The third-order valence-corrected chi connectivity index (χ3v) is 16.8. The standard InChI is InChI=1S/C47H53ClF3N7O5S3/c1-33(40-9-5-6-10-41(40)34-11-13-35(48)14-12-34)57-22-18-37(19-23-57)58-24-20-42-44(30-58)52-32-53-46(42)55-66(61,62)39-15-16-43(45(29-39)65(59,60)47(49,50)51)54-36(17-21-56-25-27-63-28-26-56)31-64-38-7-3-2-4-8-38/h2-16,29,32-33,36-37,54H,17-28,30-31H2,1H3,(H,52,53,55)/t33-,36+/m0/s1/i37D. The number of piperidine rings is 1. The molecule has 4 aromatic carbocycles. The summed E-state index contributed by atoms with van der Waals surface area (Å²) in [7, 11) is -10.7. The Morgan fingerprint density at radius 1 is 0.909 bits per heavy atom. The molecular formula is C47H53ClF3N7O5S3. The van der Waals surface area contributed by atoms with Gasteiger partial charge >= 0.3 is 5.51 Å². The minimum atomic E-state index is -6.03. The van der Waals surface area contributed by atoms with Crippen LogP contribution in [0.25, 0.3) is 11.1 Å². The molecule has 0 bridgehead atoms. The van der Waals surface area contributed by atoms with Gasteiger partial charge in [0.1, 0.15) is 17.0 Å². The maximum atomic E-state index is 14.3. The van der Waals surface area contributed by atoms with Crippen molar-refractivity contribution in [3.05, 3.63) is 125 Å². The van der Waals surface area contributed by atoms with Gasteiger partial charge in [0.2, 0.25) is 0 Å². The number of rotatable bonds is 16. The molecule has 352 valence electrons. The second-order valence-corrected chi connectivity index (χ2v) is 21.7. The van der Waals surface area contributed by atoms with E-state index in [4.69, 9.17) is 16.3 Å². The van der Waals surface area contributed by atoms with Crippen LogP contribution in [0.1, 0.15) is 50.4 Å². The van der Waals surface area contributed by atoms with Crippen LogP contribution in [0.4, 0.5) is 24.7 Å². The zero-order chi connectivity index (χ0) is 47.4. The van der Waals surface area contributed by atoms with Crippen LogP contribution in [0.5, 0.6) is 0 Å². The van der Waals surface area contributed by atoms with E-state index >= 15 is 0 Å². The lowest BCUT2D eigenvalue weighted by molar-refractivity contribution is -0.0435. The summed E-state index contributed by atoms with van der Waals surface area (Å²) in [6, 6.07) is 26.9. The highest BCUT2D eigenvalue weighted by Gasteiger charge is 2.48. The summed E-state index contributed by atoms with van der Waals surface area (Å²) in [5, 5.41) is 3.72. The number of benzene rings is 4. The summed E-state index contributed by atoms with van der Waals surface area (Å²) in [4.78, 5) is 14.3. The number of aromatic nitrogens is 2. The number of hydrogen-bond acceptors (Lipinski definition) is 12. The van der Waals surface area contributed by atoms with E-state index in [1.54, 1.807) is 0 Å². The zero-order valence-electron chi connectivity index (χ0n) is 37.4. The predicted octanol–water partition coefficient (Wildman–Crippen LogP) is 8.77. The summed E-state index contributed by atoms with van der Waals surface area (Å²) >= 11 is 7.64. The van der Waals surface area contributed by atoms with E-state index in [9.17, 15) is 31.4 Å². The van der Waals surface area contributed by atoms with Crippen molar-refractivity contribution < 1.29 is 36.1 Å². The van der Waals surface area contributed by atoms with Crippen LogP contribution in [-0.4, -0.2) is 117 Å². The molecule has 2 fully saturated rings. The number of sulfonamides is 1. The molecule has 5 aromatic rings. The minimum absolute atomic E-state index is 0.0600. The number of alkyl halides is 3. The molecule has 0 spiro atoms. The Morgan fingerprint density at radius 2 is 1.62 bits per heavy atom. The molecule has 12 nitrogen and oxygen atoms in total. The van der Waals surface area contributed by atoms with E-state index in [0.717, 1.165) is 28.2 Å². The zero-order valence-corrected chi connectivity index (χ0v) is 39.6. The number of halogens is 4. The smallest absolute Gasteiger partial charge is 0.380 e. The molecule has 4 heterocycles. The van der Waals surface area contributed by atoms with Gasteiger partial charge in [0.15, 0.2) is 0 Å². The molecule has 3 aliphatic heterocycles. The van der Waals surface area contributed by atoms with Gasteiger partial charge in [-0.1, -0.05) is 66.2 Å². The van der Waals surface area contributed by atoms with Crippen LogP contribution in [0.15, 0.2) is 118 Å². The third kappa shape index (κ3) is 11.3. The van der Waals surface area contributed by atoms with Crippen LogP contribution < -0.4 is 10.0 Å². The van der Waals surface area contributed by atoms with Gasteiger partial charge in [0, 0.05) is 86.5 Å². The Balaban J connectivity index is 0.972. The lowest BCUT2D eigenvalue weighted by Crippen LogP contribution is -2.47. The molecule has 2 atom stereocenters. The Kier molecular flexibility index (Phi) is 14.9. The molecule has 1 aromatic heterocycles. The topological polar surface area (TPSA) is 137 Å². The van der Waals surface area contributed by atoms with E-state index in [2.05, 4.69) is 53.8 Å². The van der Waals surface area contributed by atoms with Crippen molar-refractivity contribution in [1.29, 1.82) is 0 Å². The summed E-state index contributed by atoms with van der Waals surface area (Å²) in [6.07, 6.45) is 3.09. The molecule has 0 radical (unpaired) electrons. The number of ether oxygens (including phenoxy) is 1. The average molecular weight is 986 g/mol. The van der Waals surface area contributed by atoms with Crippen molar-refractivity contribution in [1.82, 2.24) is 24.7 Å². The lowest BCUT2D eigenvalue weighted by Gasteiger charge is -2.42. The second-order valence-electron chi connectivity index (χ2n) is 16.6. The lowest BCUT2D eigenvalue weighted by atomic mass is 9.92. The molecule has 0 unspecified atom stereocenters. The fourth-order valence-corrected chi connectivity index (χ4v) is 12.0. The maximum Gasteiger partial charge on any atom is 0.501 e. The molecule has 0 aliphatic carbocycles. The molecule has 2 N–H and O–H groups in total. The molecule has 3 aliphatic rings. The number of sulfone groups is 1. The molecule has 2 saturated heterocycles. The van der Waals surface area contributed by atoms with Crippen molar-refractivity contribution >= 4 is 54.7 Å². The fourth-order valence-electron chi connectivity index (χ4n) is 8.76. The number of hydrogen-bond donors (Lipinski definition) is 2. The molecule has 0 saturated carbocycles. The number of morpholine rings is 1. The highest BCUT2D eigenvalue weighted by molar-refractivity contribution is 7.99. The quantitative estimate of drug-likeness (QED) is 0.0915. The van der Waals surface area contributed by atoms with Crippen LogP contribution in [0.2, 0.25) is 5.02 Å². The van der Waals surface area contributed by atoms with Crippen LogP contribution in [0, 0.1) is 0 Å². The van der Waals surface area contributed by atoms with Gasteiger partial charge in [-0.05, 0) is 91.8 Å². The van der Waals surface area contributed by atoms with E-state index in [1.165, 1.54) is 23.7 Å². The maximum absolute atomic E-state index is 14.3. The first-order valence-corrected chi connectivity index (χ1v) is 26.2. The van der Waals surface area contributed by atoms with Gasteiger partial charge < -0.3 is 10.1 Å². The Morgan fingerprint density at radius 3 is 2.35 bits per heavy atom. The Labute approximate surface area is 395 Å². The summed E-state index contributed by atoms with van der Waals surface area (Å²) in [6.45, 7) is 7.28. The van der Waals surface area contributed by atoms with E-state index in [-0.39, 0.29) is 24.1 Å². The summed E-state index contributed by atoms with van der Waals surface area (Å²) in [5.74, 6) is 0.326. The average Bonchev–Trinajstić information content (AvgIpc) is 3.33. The first kappa shape index (κ1) is 46.8. The monoisotopic (exact) mass is 984 g/mol. The minimum Gasteiger partial charge on any atom is -0.380 e. The van der Waals surface area contributed by atoms with Crippen molar-refractivity contribution in [2.75, 3.05) is 68.3 Å². The molecule has 66 heavy (non-hydrogen) atoms. The van der Waals surface area contributed by atoms with Gasteiger partial charge in [-0.25, -0.2) is 26.8 Å². The number of likely N-dealkylation sites (tertiary alicyclic amines) is 1. The number of thioether (sulfide) groups is 1. The summed E-state index contributed by atoms with van der Waals surface area (Å²) < 4.78 is 115. The predicted molar refractivity (Wildman–Crippen MR) is 253 cm³/mol. The number of anilines is 2. The SMILES string of the molecule is [2H]C1(N2CCc3c(ncnc3NS(=O)(=O)c3ccc(N[C@H](CCN4CCOCC4)CSc4ccccc4)c(S(=O)(=O)C(F)(F)F)c3)C2)CCN([C@@H](C)c2ccccc2-c2ccc(Cl)cc2)CC1. The first-order valence-electron chi connectivity index (χ1n) is 22.4. The number of fused-ring (bicyclic) bond motifs is 1. The largest absolute Gasteiger partial charge is 0.501 e. The molecular weight excluding hydrogens is 931 g/mol. The van der Waals surface area contributed by atoms with Crippen LogP contribution in [-0.2, 0) is 37.6 Å². The van der Waals surface area contributed by atoms with E-state index in [1.807, 2.05) is 66.7 Å². The van der Waals surface area contributed by atoms with Gasteiger partial charge in [0.25, 0.3) is 19.9 Å². The van der Waals surface area contributed by atoms with Crippen LogP contribution >= 0.6 is 23.4 Å². The van der Waals surface area contributed by atoms with E-state index in [0.29, 0.717) is 106 Å². The number of nitrogens with zero attached hydrogens (tertiary/aromatic N) is 5. The van der Waals surface area contributed by atoms with Gasteiger partial charge in [-0.3, -0.25) is 19.4 Å². The van der Waals surface area contributed by atoms with Gasteiger partial charge in [0.05, 0.1) is 29.5 Å². The Hall–Kier alpha value is -4.27. The van der Waals surface area contributed by atoms with Gasteiger partial charge in [-0.15, -0.1) is 11.8 Å². The normalized spacial score (nSPS) is 18.8. The molecule has 19 heteroatoms. The Bertz CT molecular complexity index is 2730. The van der Waals surface area contributed by atoms with Crippen molar-refractivity contribution in [3.63, 3.8) is 0 Å². The van der Waals surface area contributed by atoms with Crippen LogP contribution in [0.3, 0.4) is 0 Å².